The number of fused-ring (bicyclic) bond motifs is 1. The SMILES string of the molecule is N#Cc1cccc2c1CN(N)N=N2. The van der Waals surface area contributed by atoms with Crippen molar-refractivity contribution in [3.8, 4) is 6.07 Å². The standard InChI is InChI=1S/C8H7N5/c9-4-6-2-1-3-8-7(6)5-13(10)12-11-8/h1-3H,5,10H2. The van der Waals surface area contributed by atoms with Crippen LogP contribution in [-0.4, -0.2) is 5.12 Å². The third-order valence-corrected chi connectivity index (χ3v) is 1.86. The second-order valence-electron chi connectivity index (χ2n) is 2.70. The normalized spacial score (nSPS) is 13.7. The van der Waals surface area contributed by atoms with E-state index in [1.54, 1.807) is 12.1 Å². The van der Waals surface area contributed by atoms with E-state index < -0.39 is 0 Å². The molecule has 0 aliphatic carbocycles. The Kier molecular flexibility index (Phi) is 1.69. The largest absolute Gasteiger partial charge is 0.230 e. The topological polar surface area (TPSA) is 77.8 Å². The summed E-state index contributed by atoms with van der Waals surface area (Å²) in [5.41, 5.74) is 2.16. The minimum absolute atomic E-state index is 0.433. The molecule has 0 fully saturated rings. The fourth-order valence-electron chi connectivity index (χ4n) is 1.24. The number of hydrazine groups is 1. The van der Waals surface area contributed by atoms with Crippen LogP contribution in [0.2, 0.25) is 0 Å². The quantitative estimate of drug-likeness (QED) is 0.599. The molecule has 0 saturated heterocycles. The van der Waals surface area contributed by atoms with Crippen molar-refractivity contribution in [2.45, 2.75) is 6.54 Å². The maximum Gasteiger partial charge on any atom is 0.0996 e. The molecule has 0 spiro atoms. The Balaban J connectivity index is 2.57. The molecule has 5 heteroatoms. The minimum Gasteiger partial charge on any atom is -0.230 e. The summed E-state index contributed by atoms with van der Waals surface area (Å²) >= 11 is 0. The fourth-order valence-corrected chi connectivity index (χ4v) is 1.24. The Hall–Kier alpha value is -1.93. The van der Waals surface area contributed by atoms with E-state index in [9.17, 15) is 0 Å². The maximum absolute atomic E-state index is 8.80. The molecule has 13 heavy (non-hydrogen) atoms. The van der Waals surface area contributed by atoms with E-state index >= 15 is 0 Å². The third kappa shape index (κ3) is 1.23. The summed E-state index contributed by atoms with van der Waals surface area (Å²) in [6.07, 6.45) is 0. The summed E-state index contributed by atoms with van der Waals surface area (Å²) in [6.45, 7) is 0.433. The second-order valence-corrected chi connectivity index (χ2v) is 2.70. The summed E-state index contributed by atoms with van der Waals surface area (Å²) in [5.74, 6) is 5.44. The highest BCUT2D eigenvalue weighted by atomic mass is 15.7. The first-order chi connectivity index (χ1) is 6.31. The molecular weight excluding hydrogens is 166 g/mol. The molecule has 1 aromatic carbocycles. The molecule has 0 radical (unpaired) electrons. The smallest absolute Gasteiger partial charge is 0.0996 e. The molecule has 2 rings (SSSR count). The van der Waals surface area contributed by atoms with E-state index in [4.69, 9.17) is 11.1 Å². The van der Waals surface area contributed by atoms with Gasteiger partial charge in [-0.05, 0) is 12.1 Å². The Morgan fingerprint density at radius 2 is 2.38 bits per heavy atom. The van der Waals surface area contributed by atoms with Gasteiger partial charge in [0.05, 0.1) is 23.9 Å². The van der Waals surface area contributed by atoms with Crippen molar-refractivity contribution in [2.24, 2.45) is 16.2 Å². The molecule has 2 N–H and O–H groups in total. The van der Waals surface area contributed by atoms with Gasteiger partial charge in [-0.1, -0.05) is 11.3 Å². The molecule has 0 unspecified atom stereocenters. The van der Waals surface area contributed by atoms with Gasteiger partial charge in [0, 0.05) is 5.56 Å². The van der Waals surface area contributed by atoms with Gasteiger partial charge in [-0.3, -0.25) is 0 Å². The molecule has 5 nitrogen and oxygen atoms in total. The van der Waals surface area contributed by atoms with Crippen LogP contribution >= 0.6 is 0 Å². The molecule has 0 atom stereocenters. The Morgan fingerprint density at radius 3 is 3.15 bits per heavy atom. The van der Waals surface area contributed by atoms with Crippen LogP contribution < -0.4 is 5.84 Å². The van der Waals surface area contributed by atoms with Gasteiger partial charge in [0.2, 0.25) is 0 Å². The monoisotopic (exact) mass is 173 g/mol. The predicted molar refractivity (Wildman–Crippen MR) is 45.4 cm³/mol. The van der Waals surface area contributed by atoms with Crippen LogP contribution in [0.1, 0.15) is 11.1 Å². The maximum atomic E-state index is 8.80. The van der Waals surface area contributed by atoms with Gasteiger partial charge in [0.15, 0.2) is 0 Å². The van der Waals surface area contributed by atoms with E-state index in [1.807, 2.05) is 6.07 Å². The Labute approximate surface area is 75.0 Å². The van der Waals surface area contributed by atoms with Crippen molar-refractivity contribution >= 4 is 5.69 Å². The molecule has 0 bridgehead atoms. The van der Waals surface area contributed by atoms with Crippen molar-refractivity contribution in [3.63, 3.8) is 0 Å². The van der Waals surface area contributed by atoms with Crippen LogP contribution in [0.5, 0.6) is 0 Å². The van der Waals surface area contributed by atoms with E-state index in [2.05, 4.69) is 16.4 Å². The van der Waals surface area contributed by atoms with E-state index in [-0.39, 0.29) is 0 Å². The average molecular weight is 173 g/mol. The first-order valence-corrected chi connectivity index (χ1v) is 3.77. The molecule has 0 saturated carbocycles. The first-order valence-electron chi connectivity index (χ1n) is 3.77. The zero-order valence-corrected chi connectivity index (χ0v) is 6.81. The Morgan fingerprint density at radius 1 is 1.54 bits per heavy atom. The van der Waals surface area contributed by atoms with Crippen molar-refractivity contribution in [2.75, 3.05) is 0 Å². The van der Waals surface area contributed by atoms with Gasteiger partial charge in [-0.2, -0.15) is 5.26 Å². The lowest BCUT2D eigenvalue weighted by Gasteiger charge is -2.17. The summed E-state index contributed by atoms with van der Waals surface area (Å²) < 4.78 is 0. The number of nitrogens with two attached hydrogens (primary N) is 1. The van der Waals surface area contributed by atoms with Crippen LogP contribution in [-0.2, 0) is 6.54 Å². The molecule has 1 aromatic rings. The lowest BCUT2D eigenvalue weighted by Crippen LogP contribution is -2.26. The summed E-state index contributed by atoms with van der Waals surface area (Å²) in [6, 6.07) is 7.43. The van der Waals surface area contributed by atoms with E-state index in [0.717, 1.165) is 11.3 Å². The van der Waals surface area contributed by atoms with Crippen LogP contribution in [0.3, 0.4) is 0 Å². The fraction of sp³-hybridized carbons (Fsp3) is 0.125. The van der Waals surface area contributed by atoms with Gasteiger partial charge in [0.1, 0.15) is 0 Å². The number of nitriles is 1. The molecule has 1 aliphatic heterocycles. The van der Waals surface area contributed by atoms with Gasteiger partial charge in [-0.25, -0.2) is 11.0 Å². The zero-order chi connectivity index (χ0) is 9.26. The van der Waals surface area contributed by atoms with Gasteiger partial charge < -0.3 is 0 Å². The average Bonchev–Trinajstić information content (AvgIpc) is 2.17. The molecule has 0 amide bonds. The highest BCUT2D eigenvalue weighted by Crippen LogP contribution is 2.27. The number of rotatable bonds is 0. The molecule has 1 heterocycles. The molecule has 1 aliphatic rings. The molecule has 64 valence electrons. The van der Waals surface area contributed by atoms with Crippen molar-refractivity contribution in [3.05, 3.63) is 29.3 Å². The van der Waals surface area contributed by atoms with Crippen LogP contribution in [0, 0.1) is 11.3 Å². The molecule has 0 aromatic heterocycles. The Bertz CT molecular complexity index is 403. The van der Waals surface area contributed by atoms with Crippen LogP contribution in [0.15, 0.2) is 28.5 Å². The minimum atomic E-state index is 0.433. The number of nitrogens with zero attached hydrogens (tertiary/aromatic N) is 4. The van der Waals surface area contributed by atoms with Crippen molar-refractivity contribution < 1.29 is 0 Å². The highest BCUT2D eigenvalue weighted by Gasteiger charge is 2.13. The lowest BCUT2D eigenvalue weighted by atomic mass is 10.1. The molecular formula is C8H7N5. The van der Waals surface area contributed by atoms with Gasteiger partial charge in [-0.15, -0.1) is 5.11 Å². The van der Waals surface area contributed by atoms with E-state index in [1.165, 1.54) is 5.12 Å². The zero-order valence-electron chi connectivity index (χ0n) is 6.81. The summed E-state index contributed by atoms with van der Waals surface area (Å²) in [5, 5.41) is 17.5. The highest BCUT2D eigenvalue weighted by molar-refractivity contribution is 5.54. The van der Waals surface area contributed by atoms with Gasteiger partial charge >= 0.3 is 0 Å². The number of benzene rings is 1. The van der Waals surface area contributed by atoms with E-state index in [0.29, 0.717) is 12.1 Å². The van der Waals surface area contributed by atoms with Crippen molar-refractivity contribution in [1.29, 1.82) is 5.26 Å². The number of hydrogen-bond donors (Lipinski definition) is 1. The predicted octanol–water partition coefficient (Wildman–Crippen LogP) is 1.25. The van der Waals surface area contributed by atoms with Crippen LogP contribution in [0.4, 0.5) is 5.69 Å². The third-order valence-electron chi connectivity index (χ3n) is 1.86. The number of hydrogen-bond acceptors (Lipinski definition) is 5. The summed E-state index contributed by atoms with van der Waals surface area (Å²) in [4.78, 5) is 0. The van der Waals surface area contributed by atoms with Gasteiger partial charge in [0.25, 0.3) is 0 Å². The van der Waals surface area contributed by atoms with Crippen molar-refractivity contribution in [1.82, 2.24) is 5.12 Å². The lowest BCUT2D eigenvalue weighted by molar-refractivity contribution is 0.261. The second kappa shape index (κ2) is 2.84. The summed E-state index contributed by atoms with van der Waals surface area (Å²) in [7, 11) is 0. The van der Waals surface area contributed by atoms with Crippen LogP contribution in [0.25, 0.3) is 0 Å². The first kappa shape index (κ1) is 7.71.